The first-order chi connectivity index (χ1) is 13.1. The third-order valence-electron chi connectivity index (χ3n) is 3.67. The highest BCUT2D eigenvalue weighted by atomic mass is 35.5. The number of ether oxygens (including phenoxy) is 1. The third kappa shape index (κ3) is 5.09. The Labute approximate surface area is 161 Å². The van der Waals surface area contributed by atoms with E-state index < -0.39 is 5.91 Å². The smallest absolute Gasteiger partial charge is 0.262 e. The van der Waals surface area contributed by atoms with Crippen LogP contribution in [0.4, 0.5) is 11.4 Å². The number of amides is 2. The molecule has 3 aromatic rings. The zero-order valence-corrected chi connectivity index (χ0v) is 15.1. The third-order valence-corrected chi connectivity index (χ3v) is 3.99. The van der Waals surface area contributed by atoms with Gasteiger partial charge in [-0.05, 0) is 36.4 Å². The van der Waals surface area contributed by atoms with Gasteiger partial charge < -0.3 is 15.4 Å². The number of hydrogen-bond donors (Lipinski definition) is 2. The van der Waals surface area contributed by atoms with Gasteiger partial charge in [-0.1, -0.05) is 54.1 Å². The molecule has 0 radical (unpaired) electrons. The number of anilines is 2. The first-order valence-corrected chi connectivity index (χ1v) is 8.64. The van der Waals surface area contributed by atoms with E-state index in [1.165, 1.54) is 0 Å². The molecule has 0 aliphatic heterocycles. The molecule has 5 nitrogen and oxygen atoms in total. The van der Waals surface area contributed by atoms with Crippen molar-refractivity contribution in [2.45, 2.75) is 0 Å². The molecule has 0 saturated heterocycles. The van der Waals surface area contributed by atoms with Crippen LogP contribution in [0.1, 0.15) is 10.4 Å². The number of nitrogens with one attached hydrogen (secondary N) is 2. The molecule has 0 fully saturated rings. The summed E-state index contributed by atoms with van der Waals surface area (Å²) in [6.45, 7) is -0.224. The van der Waals surface area contributed by atoms with E-state index in [-0.39, 0.29) is 12.5 Å². The molecule has 0 saturated carbocycles. The maximum absolute atomic E-state index is 12.5. The van der Waals surface area contributed by atoms with Crippen molar-refractivity contribution in [1.82, 2.24) is 0 Å². The normalized spacial score (nSPS) is 10.1. The molecular formula is C21H17ClN2O3. The Hall–Kier alpha value is -3.31. The number of carbonyl (C=O) groups excluding carboxylic acids is 2. The Balaban J connectivity index is 1.66. The maximum Gasteiger partial charge on any atom is 0.262 e. The van der Waals surface area contributed by atoms with Crippen LogP contribution >= 0.6 is 11.6 Å². The molecule has 6 heteroatoms. The molecular weight excluding hydrogens is 364 g/mol. The fraction of sp³-hybridized carbons (Fsp3) is 0.0476. The predicted octanol–water partition coefficient (Wildman–Crippen LogP) is 4.61. The van der Waals surface area contributed by atoms with Crippen LogP contribution in [0, 0.1) is 0 Å². The van der Waals surface area contributed by atoms with Crippen LogP contribution in [0.3, 0.4) is 0 Å². The van der Waals surface area contributed by atoms with Crippen molar-refractivity contribution in [2.75, 3.05) is 17.2 Å². The van der Waals surface area contributed by atoms with E-state index in [2.05, 4.69) is 10.6 Å². The largest absolute Gasteiger partial charge is 0.482 e. The molecule has 2 N–H and O–H groups in total. The lowest BCUT2D eigenvalue weighted by atomic mass is 10.1. The van der Waals surface area contributed by atoms with Gasteiger partial charge in [-0.15, -0.1) is 0 Å². The number of para-hydroxylation sites is 3. The minimum absolute atomic E-state index is 0.224. The van der Waals surface area contributed by atoms with E-state index in [4.69, 9.17) is 16.3 Å². The molecule has 0 unspecified atom stereocenters. The van der Waals surface area contributed by atoms with Crippen molar-refractivity contribution in [2.24, 2.45) is 0 Å². The molecule has 0 atom stereocenters. The van der Waals surface area contributed by atoms with Gasteiger partial charge in [0.1, 0.15) is 5.75 Å². The highest BCUT2D eigenvalue weighted by Gasteiger charge is 2.14. The van der Waals surface area contributed by atoms with Crippen molar-refractivity contribution < 1.29 is 14.3 Å². The highest BCUT2D eigenvalue weighted by Crippen LogP contribution is 2.23. The molecule has 136 valence electrons. The van der Waals surface area contributed by atoms with Gasteiger partial charge >= 0.3 is 0 Å². The van der Waals surface area contributed by atoms with Gasteiger partial charge in [-0.2, -0.15) is 0 Å². The quantitative estimate of drug-likeness (QED) is 0.656. The fourth-order valence-corrected chi connectivity index (χ4v) is 2.59. The zero-order valence-electron chi connectivity index (χ0n) is 14.3. The fourth-order valence-electron chi connectivity index (χ4n) is 2.40. The summed E-state index contributed by atoms with van der Waals surface area (Å²) >= 11 is 6.00. The van der Waals surface area contributed by atoms with Crippen LogP contribution in [-0.2, 0) is 4.79 Å². The number of carbonyl (C=O) groups is 2. The molecule has 0 aliphatic carbocycles. The van der Waals surface area contributed by atoms with E-state index in [1.807, 2.05) is 18.2 Å². The lowest BCUT2D eigenvalue weighted by molar-refractivity contribution is -0.118. The molecule has 0 aliphatic rings. The van der Waals surface area contributed by atoms with Crippen molar-refractivity contribution in [3.8, 4) is 5.75 Å². The average Bonchev–Trinajstić information content (AvgIpc) is 2.68. The minimum Gasteiger partial charge on any atom is -0.482 e. The van der Waals surface area contributed by atoms with E-state index in [9.17, 15) is 9.59 Å². The van der Waals surface area contributed by atoms with Crippen molar-refractivity contribution in [1.29, 1.82) is 0 Å². The number of benzene rings is 3. The topological polar surface area (TPSA) is 67.4 Å². The monoisotopic (exact) mass is 380 g/mol. The molecule has 2 amide bonds. The zero-order chi connectivity index (χ0) is 19.1. The van der Waals surface area contributed by atoms with E-state index >= 15 is 0 Å². The Morgan fingerprint density at radius 2 is 1.48 bits per heavy atom. The van der Waals surface area contributed by atoms with E-state index in [1.54, 1.807) is 60.7 Å². The molecule has 3 aromatic carbocycles. The summed E-state index contributed by atoms with van der Waals surface area (Å²) in [7, 11) is 0. The second kappa shape index (κ2) is 8.87. The summed E-state index contributed by atoms with van der Waals surface area (Å²) in [4.78, 5) is 24.7. The summed E-state index contributed by atoms with van der Waals surface area (Å²) in [5, 5.41) is 5.92. The maximum atomic E-state index is 12.5. The summed E-state index contributed by atoms with van der Waals surface area (Å²) in [5.41, 5.74) is 1.43. The SMILES string of the molecule is O=C(COc1ccccc1Cl)Nc1ccccc1C(=O)Nc1ccccc1. The highest BCUT2D eigenvalue weighted by molar-refractivity contribution is 6.32. The summed E-state index contributed by atoms with van der Waals surface area (Å²) in [6.07, 6.45) is 0. The molecule has 0 aromatic heterocycles. The summed E-state index contributed by atoms with van der Waals surface area (Å²) < 4.78 is 5.42. The molecule has 3 rings (SSSR count). The van der Waals surface area contributed by atoms with Gasteiger partial charge in [0.05, 0.1) is 16.3 Å². The van der Waals surface area contributed by atoms with E-state index in [0.29, 0.717) is 27.7 Å². The Morgan fingerprint density at radius 1 is 0.815 bits per heavy atom. The van der Waals surface area contributed by atoms with Crippen molar-refractivity contribution >= 4 is 34.8 Å². The Kier molecular flexibility index (Phi) is 6.07. The second-order valence-electron chi connectivity index (χ2n) is 5.63. The lowest BCUT2D eigenvalue weighted by Gasteiger charge is -2.12. The van der Waals surface area contributed by atoms with Crippen LogP contribution < -0.4 is 15.4 Å². The Morgan fingerprint density at radius 3 is 2.26 bits per heavy atom. The molecule has 0 bridgehead atoms. The first-order valence-electron chi connectivity index (χ1n) is 8.26. The summed E-state index contributed by atoms with van der Waals surface area (Å²) in [5.74, 6) is -0.288. The van der Waals surface area contributed by atoms with Gasteiger partial charge in [-0.25, -0.2) is 0 Å². The van der Waals surface area contributed by atoms with Gasteiger partial charge in [0.2, 0.25) is 0 Å². The van der Waals surface area contributed by atoms with Crippen LogP contribution in [0.15, 0.2) is 78.9 Å². The summed E-state index contributed by atoms with van der Waals surface area (Å²) in [6, 6.07) is 22.8. The van der Waals surface area contributed by atoms with Gasteiger partial charge in [0.25, 0.3) is 11.8 Å². The van der Waals surface area contributed by atoms with Gasteiger partial charge in [-0.3, -0.25) is 9.59 Å². The van der Waals surface area contributed by atoms with Gasteiger partial charge in [0.15, 0.2) is 6.61 Å². The minimum atomic E-state index is -0.394. The second-order valence-corrected chi connectivity index (χ2v) is 6.04. The van der Waals surface area contributed by atoms with Crippen LogP contribution in [0.25, 0.3) is 0 Å². The molecule has 0 spiro atoms. The number of halogens is 1. The lowest BCUT2D eigenvalue weighted by Crippen LogP contribution is -2.22. The van der Waals surface area contributed by atoms with Crippen LogP contribution in [0.2, 0.25) is 5.02 Å². The van der Waals surface area contributed by atoms with Crippen LogP contribution in [0.5, 0.6) is 5.75 Å². The van der Waals surface area contributed by atoms with Crippen LogP contribution in [-0.4, -0.2) is 18.4 Å². The Bertz CT molecular complexity index is 945. The van der Waals surface area contributed by atoms with E-state index in [0.717, 1.165) is 0 Å². The first kappa shape index (κ1) is 18.5. The van der Waals surface area contributed by atoms with Crippen molar-refractivity contribution in [3.63, 3.8) is 0 Å². The van der Waals surface area contributed by atoms with Gasteiger partial charge in [0, 0.05) is 5.69 Å². The number of rotatable bonds is 6. The molecule has 0 heterocycles. The standard InChI is InChI=1S/C21H17ClN2O3/c22-17-11-5-7-13-19(17)27-14-20(25)24-18-12-6-4-10-16(18)21(26)23-15-8-2-1-3-9-15/h1-13H,14H2,(H,23,26)(H,24,25). The number of hydrogen-bond acceptors (Lipinski definition) is 3. The van der Waals surface area contributed by atoms with Crippen molar-refractivity contribution in [3.05, 3.63) is 89.4 Å². The molecule has 27 heavy (non-hydrogen) atoms. The predicted molar refractivity (Wildman–Crippen MR) is 106 cm³/mol. The average molecular weight is 381 g/mol.